The summed E-state index contributed by atoms with van der Waals surface area (Å²) in [5.41, 5.74) is 1.57. The number of anilines is 1. The number of Topliss-reactive ketones (excluding diaryl/α,β-unsaturated/α-hetero) is 1. The Hall–Kier alpha value is -3.35. The van der Waals surface area contributed by atoms with Crippen molar-refractivity contribution >= 4 is 23.3 Å². The molecule has 158 valence electrons. The predicted octanol–water partition coefficient (Wildman–Crippen LogP) is 3.72. The maximum atomic E-state index is 12.8. The highest BCUT2D eigenvalue weighted by Crippen LogP contribution is 2.38. The lowest BCUT2D eigenvalue weighted by molar-refractivity contribution is -0.130. The molecule has 2 unspecified atom stereocenters. The molecule has 0 radical (unpaired) electrons. The first-order valence-corrected chi connectivity index (χ1v) is 9.75. The highest BCUT2D eigenvalue weighted by molar-refractivity contribution is 5.97. The summed E-state index contributed by atoms with van der Waals surface area (Å²) < 4.78 is 16.1. The van der Waals surface area contributed by atoms with Crippen LogP contribution in [0.1, 0.15) is 48.0 Å². The minimum absolute atomic E-state index is 0.0851. The van der Waals surface area contributed by atoms with Crippen LogP contribution in [0.3, 0.4) is 0 Å². The van der Waals surface area contributed by atoms with Crippen molar-refractivity contribution in [3.8, 4) is 11.5 Å². The number of benzene rings is 2. The van der Waals surface area contributed by atoms with Gasteiger partial charge in [-0.15, -0.1) is 0 Å². The van der Waals surface area contributed by atoms with Gasteiger partial charge in [-0.3, -0.25) is 9.59 Å². The number of esters is 1. The van der Waals surface area contributed by atoms with Gasteiger partial charge in [0.05, 0.1) is 25.5 Å². The maximum Gasteiger partial charge on any atom is 0.339 e. The Morgan fingerprint density at radius 1 is 1.07 bits per heavy atom. The Morgan fingerprint density at radius 3 is 2.43 bits per heavy atom. The fraction of sp³-hybridized carbons (Fsp3) is 0.348. The summed E-state index contributed by atoms with van der Waals surface area (Å²) in [5.74, 6) is -0.348. The molecule has 1 N–H and O–H groups in total. The van der Waals surface area contributed by atoms with Gasteiger partial charge in [0.2, 0.25) is 5.91 Å². The van der Waals surface area contributed by atoms with E-state index in [9.17, 15) is 14.4 Å². The van der Waals surface area contributed by atoms with Crippen LogP contribution < -0.4 is 14.8 Å². The molecule has 1 saturated carbocycles. The zero-order valence-corrected chi connectivity index (χ0v) is 17.3. The summed E-state index contributed by atoms with van der Waals surface area (Å²) in [5, 5.41) is 2.62. The minimum Gasteiger partial charge on any atom is -0.493 e. The van der Waals surface area contributed by atoms with Crippen molar-refractivity contribution in [1.82, 2.24) is 0 Å². The van der Waals surface area contributed by atoms with Gasteiger partial charge in [-0.05, 0) is 36.5 Å². The van der Waals surface area contributed by atoms with Crippen molar-refractivity contribution in [3.63, 3.8) is 0 Å². The van der Waals surface area contributed by atoms with E-state index in [2.05, 4.69) is 5.32 Å². The van der Waals surface area contributed by atoms with Crippen molar-refractivity contribution in [2.45, 2.75) is 38.2 Å². The van der Waals surface area contributed by atoms with E-state index >= 15 is 0 Å². The van der Waals surface area contributed by atoms with Gasteiger partial charge >= 0.3 is 5.97 Å². The first-order chi connectivity index (χ1) is 14.4. The number of rotatable bonds is 6. The van der Waals surface area contributed by atoms with Gasteiger partial charge < -0.3 is 19.5 Å². The van der Waals surface area contributed by atoms with Crippen LogP contribution in [-0.4, -0.2) is 38.0 Å². The van der Waals surface area contributed by atoms with Crippen molar-refractivity contribution in [3.05, 3.63) is 53.6 Å². The molecule has 0 aliphatic heterocycles. The topological polar surface area (TPSA) is 90.9 Å². The molecule has 2 aromatic carbocycles. The van der Waals surface area contributed by atoms with Gasteiger partial charge in [-0.1, -0.05) is 30.3 Å². The Bertz CT molecular complexity index is 940. The molecule has 0 bridgehead atoms. The summed E-state index contributed by atoms with van der Waals surface area (Å²) in [6.07, 6.45) is 0.731. The van der Waals surface area contributed by atoms with E-state index in [1.807, 2.05) is 30.3 Å². The Labute approximate surface area is 175 Å². The number of ketones is 1. The number of nitrogens with one attached hydrogen (secondary N) is 1. The lowest BCUT2D eigenvalue weighted by Crippen LogP contribution is -2.33. The number of hydrogen-bond acceptors (Lipinski definition) is 6. The molecule has 3 rings (SSSR count). The van der Waals surface area contributed by atoms with Crippen LogP contribution in [0.4, 0.5) is 5.69 Å². The van der Waals surface area contributed by atoms with Gasteiger partial charge in [0.25, 0.3) is 0 Å². The van der Waals surface area contributed by atoms with Crippen molar-refractivity contribution in [2.75, 3.05) is 19.5 Å². The van der Waals surface area contributed by atoms with E-state index in [1.54, 1.807) is 0 Å². The molecule has 0 heterocycles. The third-order valence-corrected chi connectivity index (χ3v) is 5.14. The van der Waals surface area contributed by atoms with Gasteiger partial charge in [0, 0.05) is 13.3 Å². The Balaban J connectivity index is 1.82. The normalized spacial score (nSPS) is 18.4. The second-order valence-electron chi connectivity index (χ2n) is 7.18. The van der Waals surface area contributed by atoms with Crippen molar-refractivity contribution < 1.29 is 28.6 Å². The first kappa shape index (κ1) is 21.4. The summed E-state index contributed by atoms with van der Waals surface area (Å²) in [6, 6.07) is 12.8. The molecule has 0 spiro atoms. The third kappa shape index (κ3) is 4.79. The smallest absolute Gasteiger partial charge is 0.339 e. The summed E-state index contributed by atoms with van der Waals surface area (Å²) in [7, 11) is 2.87. The number of methoxy groups -OCH3 is 2. The lowest BCUT2D eigenvalue weighted by Gasteiger charge is -2.28. The number of carbonyl (C=O) groups excluding carboxylic acids is 3. The molecule has 0 aromatic heterocycles. The monoisotopic (exact) mass is 411 g/mol. The van der Waals surface area contributed by atoms with E-state index < -0.39 is 12.1 Å². The molecular weight excluding hydrogens is 386 g/mol. The Kier molecular flexibility index (Phi) is 6.72. The van der Waals surface area contributed by atoms with Crippen LogP contribution >= 0.6 is 0 Å². The van der Waals surface area contributed by atoms with Crippen LogP contribution in [0.5, 0.6) is 11.5 Å². The lowest BCUT2D eigenvalue weighted by atomic mass is 9.82. The van der Waals surface area contributed by atoms with Gasteiger partial charge in [-0.2, -0.15) is 0 Å². The fourth-order valence-electron chi connectivity index (χ4n) is 3.69. The largest absolute Gasteiger partial charge is 0.493 e. The molecule has 2 atom stereocenters. The molecule has 7 nitrogen and oxygen atoms in total. The summed E-state index contributed by atoms with van der Waals surface area (Å²) in [6.45, 7) is 1.35. The highest BCUT2D eigenvalue weighted by Gasteiger charge is 2.33. The fourth-order valence-corrected chi connectivity index (χ4v) is 3.69. The molecule has 30 heavy (non-hydrogen) atoms. The van der Waals surface area contributed by atoms with Gasteiger partial charge in [0.1, 0.15) is 0 Å². The van der Waals surface area contributed by atoms with E-state index in [0.717, 1.165) is 12.0 Å². The molecule has 7 heteroatoms. The molecule has 1 fully saturated rings. The average Bonchev–Trinajstić information content (AvgIpc) is 2.74. The van der Waals surface area contributed by atoms with Gasteiger partial charge in [-0.25, -0.2) is 4.79 Å². The molecule has 1 aliphatic rings. The molecule has 0 saturated heterocycles. The summed E-state index contributed by atoms with van der Waals surface area (Å²) >= 11 is 0. The number of ether oxygens (including phenoxy) is 3. The van der Waals surface area contributed by atoms with E-state index in [-0.39, 0.29) is 34.6 Å². The van der Waals surface area contributed by atoms with Crippen LogP contribution in [0.15, 0.2) is 42.5 Å². The van der Waals surface area contributed by atoms with Crippen LogP contribution in [0.25, 0.3) is 0 Å². The molecule has 1 aliphatic carbocycles. The second-order valence-corrected chi connectivity index (χ2v) is 7.18. The van der Waals surface area contributed by atoms with E-state index in [1.165, 1.54) is 33.3 Å². The predicted molar refractivity (Wildman–Crippen MR) is 111 cm³/mol. The van der Waals surface area contributed by atoms with E-state index in [4.69, 9.17) is 14.2 Å². The van der Waals surface area contributed by atoms with Gasteiger partial charge in [0.15, 0.2) is 23.4 Å². The zero-order valence-electron chi connectivity index (χ0n) is 17.3. The SMILES string of the molecule is COc1cc(C(=O)OC2CC(c3ccccc3)CCC2=O)cc(NC(C)=O)c1OC. The highest BCUT2D eigenvalue weighted by atomic mass is 16.5. The Morgan fingerprint density at radius 2 is 1.80 bits per heavy atom. The molecule has 2 aromatic rings. The minimum atomic E-state index is -0.811. The van der Waals surface area contributed by atoms with Crippen molar-refractivity contribution in [2.24, 2.45) is 0 Å². The van der Waals surface area contributed by atoms with Crippen molar-refractivity contribution in [1.29, 1.82) is 0 Å². The third-order valence-electron chi connectivity index (χ3n) is 5.14. The quantitative estimate of drug-likeness (QED) is 0.729. The molecular formula is C23H25NO6. The van der Waals surface area contributed by atoms with Crippen LogP contribution in [0, 0.1) is 0 Å². The standard InChI is InChI=1S/C23H25NO6/c1-14(25)24-18-11-17(13-21(28-2)22(18)29-3)23(27)30-20-12-16(9-10-19(20)26)15-7-5-4-6-8-15/h4-8,11,13,16,20H,9-10,12H2,1-3H3,(H,24,25). The second kappa shape index (κ2) is 9.43. The van der Waals surface area contributed by atoms with Crippen LogP contribution in [0.2, 0.25) is 0 Å². The molecule has 1 amide bonds. The summed E-state index contributed by atoms with van der Waals surface area (Å²) in [4.78, 5) is 36.7. The first-order valence-electron chi connectivity index (χ1n) is 9.75. The number of carbonyl (C=O) groups is 3. The maximum absolute atomic E-state index is 12.8. The van der Waals surface area contributed by atoms with Crippen LogP contribution in [-0.2, 0) is 14.3 Å². The zero-order chi connectivity index (χ0) is 21.7. The average molecular weight is 411 g/mol. The number of hydrogen-bond donors (Lipinski definition) is 1. The number of amides is 1. The van der Waals surface area contributed by atoms with E-state index in [0.29, 0.717) is 18.6 Å².